The minimum atomic E-state index is -0.203. The van der Waals surface area contributed by atoms with Crippen LogP contribution in [-0.2, 0) is 4.74 Å². The van der Waals surface area contributed by atoms with Gasteiger partial charge in [-0.25, -0.2) is 4.79 Å². The Morgan fingerprint density at radius 2 is 1.63 bits per heavy atom. The zero-order chi connectivity index (χ0) is 14.3. The molecule has 1 heterocycles. The Bertz CT molecular complexity index is 266. The van der Waals surface area contributed by atoms with Gasteiger partial charge in [0.2, 0.25) is 0 Å². The second kappa shape index (κ2) is 7.76. The molecule has 0 radical (unpaired) electrons. The van der Waals surface area contributed by atoms with Gasteiger partial charge in [0, 0.05) is 6.04 Å². The summed E-state index contributed by atoms with van der Waals surface area (Å²) in [4.78, 5) is 13.9. The predicted octanol–water partition coefficient (Wildman–Crippen LogP) is 4.75. The van der Waals surface area contributed by atoms with E-state index >= 15 is 0 Å². The van der Waals surface area contributed by atoms with E-state index in [1.54, 1.807) is 0 Å². The maximum Gasteiger partial charge on any atom is 0.410 e. The molecule has 1 aliphatic rings. The van der Waals surface area contributed by atoms with Gasteiger partial charge in [-0.1, -0.05) is 39.5 Å². The third kappa shape index (κ3) is 4.70. The molecule has 0 bridgehead atoms. The molecule has 1 amide bonds. The quantitative estimate of drug-likeness (QED) is 0.565. The summed E-state index contributed by atoms with van der Waals surface area (Å²) in [5.41, 5.74) is -0.203. The first-order valence-corrected chi connectivity index (χ1v) is 8.04. The van der Waals surface area contributed by atoms with Crippen LogP contribution in [0.2, 0.25) is 0 Å². The molecule has 0 aromatic rings. The Morgan fingerprint density at radius 1 is 1.11 bits per heavy atom. The van der Waals surface area contributed by atoms with Gasteiger partial charge in [0.1, 0.15) is 5.60 Å². The fraction of sp³-hybridized carbons (Fsp3) is 0.938. The SMILES string of the molecule is CCCCCC1(CCCCC)CN(C(C)C)C(=O)O1. The molecule has 1 saturated heterocycles. The molecule has 0 saturated carbocycles. The molecule has 0 aliphatic carbocycles. The summed E-state index contributed by atoms with van der Waals surface area (Å²) in [7, 11) is 0. The molecule has 0 unspecified atom stereocenters. The number of hydrogen-bond acceptors (Lipinski definition) is 2. The summed E-state index contributed by atoms with van der Waals surface area (Å²) in [5, 5.41) is 0. The summed E-state index contributed by atoms with van der Waals surface area (Å²) in [5.74, 6) is 0. The van der Waals surface area contributed by atoms with Crippen LogP contribution in [0.4, 0.5) is 4.79 Å². The molecule has 3 nitrogen and oxygen atoms in total. The van der Waals surface area contributed by atoms with Gasteiger partial charge >= 0.3 is 6.09 Å². The van der Waals surface area contributed by atoms with E-state index in [4.69, 9.17) is 4.74 Å². The fourth-order valence-electron chi connectivity index (χ4n) is 2.82. The molecule has 1 rings (SSSR count). The van der Waals surface area contributed by atoms with Crippen molar-refractivity contribution in [3.05, 3.63) is 0 Å². The van der Waals surface area contributed by atoms with Gasteiger partial charge in [-0.05, 0) is 39.5 Å². The first-order chi connectivity index (χ1) is 9.04. The van der Waals surface area contributed by atoms with E-state index in [0.717, 1.165) is 19.4 Å². The number of nitrogens with zero attached hydrogens (tertiary/aromatic N) is 1. The summed E-state index contributed by atoms with van der Waals surface area (Å²) in [6.45, 7) is 9.34. The van der Waals surface area contributed by atoms with E-state index in [0.29, 0.717) is 0 Å². The van der Waals surface area contributed by atoms with E-state index in [-0.39, 0.29) is 17.7 Å². The van der Waals surface area contributed by atoms with Gasteiger partial charge in [0.25, 0.3) is 0 Å². The zero-order valence-electron chi connectivity index (χ0n) is 13.2. The molecule has 1 fully saturated rings. The number of cyclic esters (lactones) is 1. The lowest BCUT2D eigenvalue weighted by molar-refractivity contribution is 0.0381. The van der Waals surface area contributed by atoms with Gasteiger partial charge in [0.15, 0.2) is 0 Å². The van der Waals surface area contributed by atoms with Gasteiger partial charge in [-0.3, -0.25) is 0 Å². The van der Waals surface area contributed by atoms with Crippen molar-refractivity contribution < 1.29 is 9.53 Å². The van der Waals surface area contributed by atoms with Crippen LogP contribution in [0.15, 0.2) is 0 Å². The van der Waals surface area contributed by atoms with E-state index in [9.17, 15) is 4.79 Å². The second-order valence-electron chi connectivity index (χ2n) is 6.19. The summed E-state index contributed by atoms with van der Waals surface area (Å²) in [6, 6.07) is 0.242. The van der Waals surface area contributed by atoms with E-state index < -0.39 is 0 Å². The number of hydrogen-bond donors (Lipinski definition) is 0. The van der Waals surface area contributed by atoms with Crippen molar-refractivity contribution in [1.82, 2.24) is 4.90 Å². The summed E-state index contributed by atoms with van der Waals surface area (Å²) >= 11 is 0. The number of amides is 1. The molecule has 19 heavy (non-hydrogen) atoms. The molecular formula is C16H31NO2. The normalized spacial score (nSPS) is 18.2. The molecular weight excluding hydrogens is 238 g/mol. The molecule has 112 valence electrons. The van der Waals surface area contributed by atoms with Crippen LogP contribution in [0.3, 0.4) is 0 Å². The highest BCUT2D eigenvalue weighted by Gasteiger charge is 2.44. The predicted molar refractivity (Wildman–Crippen MR) is 79.3 cm³/mol. The maximum atomic E-state index is 12.0. The van der Waals surface area contributed by atoms with Crippen LogP contribution in [-0.4, -0.2) is 29.2 Å². The van der Waals surface area contributed by atoms with Crippen LogP contribution in [0.5, 0.6) is 0 Å². The number of ether oxygens (including phenoxy) is 1. The first kappa shape index (κ1) is 16.3. The Labute approximate surface area is 118 Å². The van der Waals surface area contributed by atoms with Crippen LogP contribution >= 0.6 is 0 Å². The van der Waals surface area contributed by atoms with Crippen molar-refractivity contribution in [2.75, 3.05) is 6.54 Å². The lowest BCUT2D eigenvalue weighted by Crippen LogP contribution is -2.37. The topological polar surface area (TPSA) is 29.5 Å². The minimum absolute atomic E-state index is 0.108. The highest BCUT2D eigenvalue weighted by atomic mass is 16.6. The maximum absolute atomic E-state index is 12.0. The smallest absolute Gasteiger partial charge is 0.410 e. The third-order valence-electron chi connectivity index (χ3n) is 4.09. The van der Waals surface area contributed by atoms with Gasteiger partial charge in [0.05, 0.1) is 6.54 Å². The first-order valence-electron chi connectivity index (χ1n) is 8.04. The van der Waals surface area contributed by atoms with Crippen molar-refractivity contribution in [2.24, 2.45) is 0 Å². The van der Waals surface area contributed by atoms with Crippen LogP contribution < -0.4 is 0 Å². The molecule has 1 aliphatic heterocycles. The minimum Gasteiger partial charge on any atom is -0.441 e. The fourth-order valence-corrected chi connectivity index (χ4v) is 2.82. The lowest BCUT2D eigenvalue weighted by atomic mass is 9.90. The van der Waals surface area contributed by atoms with Gasteiger partial charge < -0.3 is 9.64 Å². The average molecular weight is 269 g/mol. The van der Waals surface area contributed by atoms with Gasteiger partial charge in [-0.2, -0.15) is 0 Å². The number of unbranched alkanes of at least 4 members (excludes halogenated alkanes) is 4. The van der Waals surface area contributed by atoms with Crippen molar-refractivity contribution >= 4 is 6.09 Å². The van der Waals surface area contributed by atoms with Crippen LogP contribution in [0.1, 0.15) is 79.1 Å². The summed E-state index contributed by atoms with van der Waals surface area (Å²) < 4.78 is 5.80. The van der Waals surface area contributed by atoms with Gasteiger partial charge in [-0.15, -0.1) is 0 Å². The molecule has 0 N–H and O–H groups in total. The molecule has 0 aromatic heterocycles. The monoisotopic (exact) mass is 269 g/mol. The van der Waals surface area contributed by atoms with E-state index in [1.807, 2.05) is 4.90 Å². The Hall–Kier alpha value is -0.730. The highest BCUT2D eigenvalue weighted by Crippen LogP contribution is 2.34. The van der Waals surface area contributed by atoms with Crippen LogP contribution in [0.25, 0.3) is 0 Å². The average Bonchev–Trinajstić information content (AvgIpc) is 2.68. The Kier molecular flexibility index (Phi) is 6.67. The molecule has 3 heteroatoms. The number of carbonyl (C=O) groups excluding carboxylic acids is 1. The largest absolute Gasteiger partial charge is 0.441 e. The molecule has 0 spiro atoms. The molecule has 0 atom stereocenters. The van der Waals surface area contributed by atoms with Crippen molar-refractivity contribution in [2.45, 2.75) is 90.7 Å². The molecule has 0 aromatic carbocycles. The number of carbonyl (C=O) groups is 1. The Morgan fingerprint density at radius 3 is 2.00 bits per heavy atom. The van der Waals surface area contributed by atoms with Crippen molar-refractivity contribution in [1.29, 1.82) is 0 Å². The third-order valence-corrected chi connectivity index (χ3v) is 4.09. The highest BCUT2D eigenvalue weighted by molar-refractivity contribution is 5.71. The van der Waals surface area contributed by atoms with Crippen molar-refractivity contribution in [3.8, 4) is 0 Å². The van der Waals surface area contributed by atoms with E-state index in [2.05, 4.69) is 27.7 Å². The standard InChI is InChI=1S/C16H31NO2/c1-5-7-9-11-16(12-10-8-6-2)13-17(14(3)4)15(18)19-16/h14H,5-13H2,1-4H3. The van der Waals surface area contributed by atoms with Crippen LogP contribution in [0, 0.1) is 0 Å². The Balaban J connectivity index is 2.62. The zero-order valence-corrected chi connectivity index (χ0v) is 13.2. The summed E-state index contributed by atoms with van der Waals surface area (Å²) in [6.07, 6.45) is 9.18. The van der Waals surface area contributed by atoms with E-state index in [1.165, 1.54) is 38.5 Å². The van der Waals surface area contributed by atoms with Crippen molar-refractivity contribution in [3.63, 3.8) is 0 Å². The second-order valence-corrected chi connectivity index (χ2v) is 6.19. The number of rotatable bonds is 9. The lowest BCUT2D eigenvalue weighted by Gasteiger charge is -2.27.